The molecule has 0 aromatic heterocycles. The fourth-order valence-corrected chi connectivity index (χ4v) is 4.19. The van der Waals surface area contributed by atoms with Gasteiger partial charge < -0.3 is 20.1 Å². The van der Waals surface area contributed by atoms with Crippen molar-refractivity contribution >= 4 is 11.8 Å². The van der Waals surface area contributed by atoms with E-state index in [9.17, 15) is 14.7 Å². The van der Waals surface area contributed by atoms with Gasteiger partial charge in [0.25, 0.3) is 0 Å². The normalized spacial score (nSPS) is 20.7. The minimum Gasteiger partial charge on any atom is -0.496 e. The van der Waals surface area contributed by atoms with E-state index in [0.717, 1.165) is 22.4 Å². The molecule has 1 fully saturated rings. The van der Waals surface area contributed by atoms with Crippen molar-refractivity contribution in [1.29, 1.82) is 0 Å². The zero-order valence-corrected chi connectivity index (χ0v) is 17.1. The molecule has 0 aliphatic carbocycles. The fourth-order valence-electron chi connectivity index (χ4n) is 4.19. The second kappa shape index (κ2) is 9.09. The second-order valence-electron chi connectivity index (χ2n) is 7.26. The number of carbonyl (C=O) groups excluding carboxylic acids is 2. The number of nitrogens with one attached hydrogen (secondary N) is 1. The number of hydrogen-bond acceptors (Lipinski definition) is 4. The van der Waals surface area contributed by atoms with Gasteiger partial charge in [0.2, 0.25) is 11.8 Å². The summed E-state index contributed by atoms with van der Waals surface area (Å²) in [5.41, 5.74) is 3.08. The molecule has 0 spiro atoms. The molecule has 1 aliphatic heterocycles. The Balaban J connectivity index is 1.88. The fraction of sp³-hybridized carbons (Fsp3) is 0.391. The van der Waals surface area contributed by atoms with Crippen molar-refractivity contribution < 1.29 is 19.4 Å². The molecular formula is C23H28N2O4. The van der Waals surface area contributed by atoms with E-state index in [1.807, 2.05) is 55.5 Å². The molecule has 2 amide bonds. The molecule has 3 atom stereocenters. The first-order valence-corrected chi connectivity index (χ1v) is 9.91. The van der Waals surface area contributed by atoms with Crippen LogP contribution in [0, 0.1) is 0 Å². The van der Waals surface area contributed by atoms with E-state index in [2.05, 4.69) is 5.32 Å². The molecule has 2 aromatic rings. The Labute approximate surface area is 171 Å². The van der Waals surface area contributed by atoms with Gasteiger partial charge in [-0.3, -0.25) is 9.59 Å². The zero-order chi connectivity index (χ0) is 21.0. The minimum atomic E-state index is -0.279. The summed E-state index contributed by atoms with van der Waals surface area (Å²) in [6.45, 7) is 3.53. The molecule has 0 saturated carbocycles. The Bertz CT molecular complexity index is 865. The van der Waals surface area contributed by atoms with Crippen LogP contribution in [0.5, 0.6) is 5.75 Å². The summed E-state index contributed by atoms with van der Waals surface area (Å²) < 4.78 is 5.45. The van der Waals surface area contributed by atoms with E-state index in [1.54, 1.807) is 12.0 Å². The van der Waals surface area contributed by atoms with Gasteiger partial charge in [-0.05, 0) is 17.2 Å². The van der Waals surface area contributed by atoms with Crippen LogP contribution in [0.3, 0.4) is 0 Å². The quantitative estimate of drug-likeness (QED) is 0.754. The molecule has 1 saturated heterocycles. The molecular weight excluding hydrogens is 368 g/mol. The number of ether oxygens (including phenoxy) is 1. The monoisotopic (exact) mass is 396 g/mol. The lowest BCUT2D eigenvalue weighted by Gasteiger charge is -2.55. The maximum Gasteiger partial charge on any atom is 0.222 e. The Kier molecular flexibility index (Phi) is 6.54. The van der Waals surface area contributed by atoms with Gasteiger partial charge >= 0.3 is 0 Å². The number of nitrogens with zero attached hydrogens (tertiary/aromatic N) is 1. The van der Waals surface area contributed by atoms with E-state index in [-0.39, 0.29) is 36.4 Å². The summed E-state index contributed by atoms with van der Waals surface area (Å²) >= 11 is 0. The van der Waals surface area contributed by atoms with E-state index in [1.165, 1.54) is 6.92 Å². The summed E-state index contributed by atoms with van der Waals surface area (Å²) in [7, 11) is 1.65. The van der Waals surface area contributed by atoms with E-state index in [4.69, 9.17) is 4.74 Å². The lowest BCUT2D eigenvalue weighted by atomic mass is 9.74. The molecule has 0 bridgehead atoms. The molecule has 6 heteroatoms. The topological polar surface area (TPSA) is 78.9 Å². The molecule has 1 heterocycles. The largest absolute Gasteiger partial charge is 0.496 e. The first kappa shape index (κ1) is 20.9. The predicted molar refractivity (Wildman–Crippen MR) is 112 cm³/mol. The standard InChI is InChI=1S/C23H28N2O4/c1-4-22(28)25-19(13-24-15(2)27)23(20(25)14-26)17-11-9-16(10-12-17)18-7-5-6-8-21(18)29-3/h5-12,19-20,23,26H,4,13-14H2,1-3H3,(H,24,27)/t19-,20+,23+/m0/s1. The number of rotatable bonds is 7. The summed E-state index contributed by atoms with van der Waals surface area (Å²) in [4.78, 5) is 25.5. The van der Waals surface area contributed by atoms with Crippen molar-refractivity contribution in [2.24, 2.45) is 0 Å². The summed E-state index contributed by atoms with van der Waals surface area (Å²) in [6, 6.07) is 15.5. The molecule has 6 nitrogen and oxygen atoms in total. The van der Waals surface area contributed by atoms with Gasteiger partial charge in [0.05, 0.1) is 25.8 Å². The van der Waals surface area contributed by atoms with Crippen LogP contribution < -0.4 is 10.1 Å². The average Bonchev–Trinajstić information content (AvgIpc) is 2.73. The molecule has 0 unspecified atom stereocenters. The van der Waals surface area contributed by atoms with Crippen LogP contribution in [-0.2, 0) is 9.59 Å². The number of aliphatic hydroxyl groups is 1. The zero-order valence-electron chi connectivity index (χ0n) is 17.1. The number of likely N-dealkylation sites (tertiary alicyclic amines) is 1. The predicted octanol–water partition coefficient (Wildman–Crippen LogP) is 2.56. The number of methoxy groups -OCH3 is 1. The summed E-state index contributed by atoms with van der Waals surface area (Å²) in [6.07, 6.45) is 0.368. The smallest absolute Gasteiger partial charge is 0.222 e. The highest BCUT2D eigenvalue weighted by atomic mass is 16.5. The minimum absolute atomic E-state index is 0.0127. The average molecular weight is 396 g/mol. The lowest BCUT2D eigenvalue weighted by molar-refractivity contribution is -0.150. The van der Waals surface area contributed by atoms with Gasteiger partial charge in [0, 0.05) is 31.4 Å². The summed E-state index contributed by atoms with van der Waals surface area (Å²) in [5, 5.41) is 12.8. The summed E-state index contributed by atoms with van der Waals surface area (Å²) in [5.74, 6) is 0.627. The highest BCUT2D eigenvalue weighted by Crippen LogP contribution is 2.41. The van der Waals surface area contributed by atoms with Crippen molar-refractivity contribution in [3.05, 3.63) is 54.1 Å². The molecule has 154 valence electrons. The third kappa shape index (κ3) is 4.12. The van der Waals surface area contributed by atoms with Gasteiger partial charge in [-0.2, -0.15) is 0 Å². The van der Waals surface area contributed by atoms with Crippen molar-refractivity contribution in [2.75, 3.05) is 20.3 Å². The number of aliphatic hydroxyl groups excluding tert-OH is 1. The van der Waals surface area contributed by atoms with Crippen LogP contribution in [0.15, 0.2) is 48.5 Å². The van der Waals surface area contributed by atoms with Crippen molar-refractivity contribution in [2.45, 2.75) is 38.3 Å². The molecule has 3 rings (SSSR count). The molecule has 1 aliphatic rings. The SMILES string of the molecule is CCC(=O)N1[C@H](CO)[C@H](c2ccc(-c3ccccc3OC)cc2)[C@@H]1CNC(C)=O. The number of amides is 2. The Morgan fingerprint density at radius 1 is 1.10 bits per heavy atom. The highest BCUT2D eigenvalue weighted by molar-refractivity contribution is 5.79. The van der Waals surface area contributed by atoms with Gasteiger partial charge in [-0.25, -0.2) is 0 Å². The van der Waals surface area contributed by atoms with Crippen LogP contribution in [0.4, 0.5) is 0 Å². The van der Waals surface area contributed by atoms with E-state index >= 15 is 0 Å². The first-order valence-electron chi connectivity index (χ1n) is 9.91. The Morgan fingerprint density at radius 2 is 1.79 bits per heavy atom. The van der Waals surface area contributed by atoms with Gasteiger partial charge in [-0.15, -0.1) is 0 Å². The number of para-hydroxylation sites is 1. The van der Waals surface area contributed by atoms with Gasteiger partial charge in [0.1, 0.15) is 5.75 Å². The number of benzene rings is 2. The Hall–Kier alpha value is -2.86. The van der Waals surface area contributed by atoms with E-state index in [0.29, 0.717) is 13.0 Å². The second-order valence-corrected chi connectivity index (χ2v) is 7.26. The highest BCUT2D eigenvalue weighted by Gasteiger charge is 2.50. The number of carbonyl (C=O) groups is 2. The maximum atomic E-state index is 12.4. The molecule has 2 N–H and O–H groups in total. The van der Waals surface area contributed by atoms with Crippen LogP contribution >= 0.6 is 0 Å². The van der Waals surface area contributed by atoms with E-state index < -0.39 is 0 Å². The molecule has 29 heavy (non-hydrogen) atoms. The van der Waals surface area contributed by atoms with Crippen LogP contribution in [0.25, 0.3) is 11.1 Å². The number of hydrogen-bond donors (Lipinski definition) is 2. The maximum absolute atomic E-state index is 12.4. The molecule has 0 radical (unpaired) electrons. The van der Waals surface area contributed by atoms with Crippen molar-refractivity contribution in [1.82, 2.24) is 10.2 Å². The lowest BCUT2D eigenvalue weighted by Crippen LogP contribution is -2.68. The van der Waals surface area contributed by atoms with Crippen molar-refractivity contribution in [3.63, 3.8) is 0 Å². The first-order chi connectivity index (χ1) is 14.0. The Morgan fingerprint density at radius 3 is 2.38 bits per heavy atom. The van der Waals surface area contributed by atoms with Gasteiger partial charge in [0.15, 0.2) is 0 Å². The van der Waals surface area contributed by atoms with Crippen LogP contribution in [-0.4, -0.2) is 54.2 Å². The third-order valence-corrected chi connectivity index (χ3v) is 5.59. The van der Waals surface area contributed by atoms with Crippen LogP contribution in [0.1, 0.15) is 31.7 Å². The third-order valence-electron chi connectivity index (χ3n) is 5.59. The molecule has 2 aromatic carbocycles. The van der Waals surface area contributed by atoms with Crippen molar-refractivity contribution in [3.8, 4) is 16.9 Å². The van der Waals surface area contributed by atoms with Gasteiger partial charge in [-0.1, -0.05) is 49.4 Å². The van der Waals surface area contributed by atoms with Crippen LogP contribution in [0.2, 0.25) is 0 Å².